The van der Waals surface area contributed by atoms with Crippen molar-refractivity contribution in [1.82, 2.24) is 4.90 Å². The molecule has 3 aromatic rings. The summed E-state index contributed by atoms with van der Waals surface area (Å²) in [5, 5.41) is 2.10. The second kappa shape index (κ2) is 7.00. The lowest BCUT2D eigenvalue weighted by molar-refractivity contribution is -0.120. The maximum atomic E-state index is 13.2. The summed E-state index contributed by atoms with van der Waals surface area (Å²) in [6.07, 6.45) is 0. The highest BCUT2D eigenvalue weighted by Gasteiger charge is 2.30. The molecule has 1 heterocycles. The molecule has 3 aromatic carbocycles. The van der Waals surface area contributed by atoms with Crippen LogP contribution < -0.4 is 4.90 Å². The number of amides is 2. The summed E-state index contributed by atoms with van der Waals surface area (Å²) in [7, 11) is 0. The van der Waals surface area contributed by atoms with E-state index in [0.717, 1.165) is 22.5 Å². The Labute approximate surface area is 160 Å². The molecule has 0 bridgehead atoms. The summed E-state index contributed by atoms with van der Waals surface area (Å²) in [5.41, 5.74) is 1.04. The molecule has 0 saturated carbocycles. The summed E-state index contributed by atoms with van der Waals surface area (Å²) in [6.45, 7) is 0.717. The molecule has 1 saturated heterocycles. The van der Waals surface area contributed by atoms with Crippen LogP contribution in [0.2, 0.25) is 5.02 Å². The maximum absolute atomic E-state index is 13.2. The van der Waals surface area contributed by atoms with E-state index >= 15 is 0 Å². The highest BCUT2D eigenvalue weighted by atomic mass is 35.5. The SMILES string of the molecule is O=C(c1ccc(F)cc1Cl)N1CCN(c2cccc3ccccc23)C(=O)C1. The zero-order valence-electron chi connectivity index (χ0n) is 14.4. The van der Waals surface area contributed by atoms with E-state index in [9.17, 15) is 14.0 Å². The second-order valence-electron chi connectivity index (χ2n) is 6.39. The molecule has 1 aliphatic heterocycles. The number of hydrogen-bond donors (Lipinski definition) is 0. The normalized spacial score (nSPS) is 14.7. The van der Waals surface area contributed by atoms with Gasteiger partial charge in [-0.2, -0.15) is 0 Å². The van der Waals surface area contributed by atoms with Crippen molar-refractivity contribution in [3.63, 3.8) is 0 Å². The lowest BCUT2D eigenvalue weighted by atomic mass is 10.1. The predicted molar refractivity (Wildman–Crippen MR) is 104 cm³/mol. The van der Waals surface area contributed by atoms with Crippen LogP contribution in [0.15, 0.2) is 60.7 Å². The monoisotopic (exact) mass is 382 g/mol. The summed E-state index contributed by atoms with van der Waals surface area (Å²) >= 11 is 5.99. The van der Waals surface area contributed by atoms with Gasteiger partial charge in [-0.3, -0.25) is 9.59 Å². The molecule has 0 spiro atoms. The Bertz CT molecular complexity index is 1050. The van der Waals surface area contributed by atoms with Crippen LogP contribution in [0.1, 0.15) is 10.4 Å². The standard InChI is InChI=1S/C21H16ClFN2O2/c22-18-12-15(23)8-9-17(18)21(27)24-10-11-25(20(26)13-24)19-7-3-5-14-4-1-2-6-16(14)19/h1-9,12H,10-11,13H2. The molecule has 27 heavy (non-hydrogen) atoms. The van der Waals surface area contributed by atoms with Gasteiger partial charge in [0.2, 0.25) is 5.91 Å². The number of anilines is 1. The van der Waals surface area contributed by atoms with Gasteiger partial charge in [0, 0.05) is 18.5 Å². The third kappa shape index (κ3) is 3.26. The maximum Gasteiger partial charge on any atom is 0.255 e. The van der Waals surface area contributed by atoms with Crippen molar-refractivity contribution >= 4 is 39.9 Å². The van der Waals surface area contributed by atoms with Crippen molar-refractivity contribution in [2.45, 2.75) is 0 Å². The van der Waals surface area contributed by atoms with Gasteiger partial charge >= 0.3 is 0 Å². The molecule has 2 amide bonds. The third-order valence-electron chi connectivity index (χ3n) is 4.73. The van der Waals surface area contributed by atoms with E-state index in [2.05, 4.69) is 0 Å². The quantitative estimate of drug-likeness (QED) is 0.669. The average Bonchev–Trinajstić information content (AvgIpc) is 2.67. The van der Waals surface area contributed by atoms with Gasteiger partial charge in [-0.1, -0.05) is 48.0 Å². The first-order chi connectivity index (χ1) is 13.0. The molecule has 4 nitrogen and oxygen atoms in total. The molecular formula is C21H16ClFN2O2. The molecule has 0 aromatic heterocycles. The van der Waals surface area contributed by atoms with E-state index < -0.39 is 5.82 Å². The van der Waals surface area contributed by atoms with E-state index in [1.807, 2.05) is 42.5 Å². The molecule has 6 heteroatoms. The Kier molecular flexibility index (Phi) is 4.54. The Balaban J connectivity index is 1.57. The van der Waals surface area contributed by atoms with Crippen LogP contribution in [0.3, 0.4) is 0 Å². The molecule has 136 valence electrons. The number of carbonyl (C=O) groups is 2. The average molecular weight is 383 g/mol. The zero-order valence-corrected chi connectivity index (χ0v) is 15.1. The Morgan fingerprint density at radius 2 is 1.78 bits per heavy atom. The largest absolute Gasteiger partial charge is 0.327 e. The van der Waals surface area contributed by atoms with Gasteiger partial charge in [0.15, 0.2) is 0 Å². The summed E-state index contributed by atoms with van der Waals surface area (Å²) in [6, 6.07) is 17.3. The molecule has 4 rings (SSSR count). The minimum Gasteiger partial charge on any atom is -0.327 e. The van der Waals surface area contributed by atoms with E-state index in [0.29, 0.717) is 13.1 Å². The molecule has 0 N–H and O–H groups in total. The first-order valence-corrected chi connectivity index (χ1v) is 8.95. The number of rotatable bonds is 2. The van der Waals surface area contributed by atoms with E-state index in [-0.39, 0.29) is 28.9 Å². The van der Waals surface area contributed by atoms with Gasteiger partial charge in [-0.05, 0) is 29.7 Å². The summed E-state index contributed by atoms with van der Waals surface area (Å²) in [5.74, 6) is -1.04. The molecule has 0 aliphatic carbocycles. The van der Waals surface area contributed by atoms with Crippen molar-refractivity contribution in [3.05, 3.63) is 77.1 Å². The Hall–Kier alpha value is -2.92. The Morgan fingerprint density at radius 3 is 2.56 bits per heavy atom. The molecule has 1 aliphatic rings. The zero-order chi connectivity index (χ0) is 19.0. The van der Waals surface area contributed by atoms with Crippen LogP contribution in [-0.4, -0.2) is 36.3 Å². The number of benzene rings is 3. The molecule has 0 radical (unpaired) electrons. The first-order valence-electron chi connectivity index (χ1n) is 8.57. The number of fused-ring (bicyclic) bond motifs is 1. The highest BCUT2D eigenvalue weighted by molar-refractivity contribution is 6.33. The Morgan fingerprint density at radius 1 is 1.00 bits per heavy atom. The minimum atomic E-state index is -0.506. The molecule has 0 unspecified atom stereocenters. The van der Waals surface area contributed by atoms with Crippen molar-refractivity contribution in [2.75, 3.05) is 24.5 Å². The van der Waals surface area contributed by atoms with Crippen molar-refractivity contribution in [1.29, 1.82) is 0 Å². The number of halogens is 2. The van der Waals surface area contributed by atoms with Crippen LogP contribution in [0.4, 0.5) is 10.1 Å². The van der Waals surface area contributed by atoms with Gasteiger partial charge in [0.1, 0.15) is 12.4 Å². The lowest BCUT2D eigenvalue weighted by Gasteiger charge is -2.35. The van der Waals surface area contributed by atoms with E-state index in [4.69, 9.17) is 11.6 Å². The summed E-state index contributed by atoms with van der Waals surface area (Å²) in [4.78, 5) is 28.6. The van der Waals surface area contributed by atoms with Gasteiger partial charge in [-0.15, -0.1) is 0 Å². The van der Waals surface area contributed by atoms with E-state index in [1.54, 1.807) is 4.90 Å². The van der Waals surface area contributed by atoms with Crippen LogP contribution in [0.25, 0.3) is 10.8 Å². The van der Waals surface area contributed by atoms with Crippen molar-refractivity contribution in [2.24, 2.45) is 0 Å². The summed E-state index contributed by atoms with van der Waals surface area (Å²) < 4.78 is 13.2. The third-order valence-corrected chi connectivity index (χ3v) is 5.04. The number of piperazine rings is 1. The topological polar surface area (TPSA) is 40.6 Å². The fraction of sp³-hybridized carbons (Fsp3) is 0.143. The van der Waals surface area contributed by atoms with Crippen molar-refractivity contribution < 1.29 is 14.0 Å². The van der Waals surface area contributed by atoms with Crippen LogP contribution >= 0.6 is 11.6 Å². The number of carbonyl (C=O) groups excluding carboxylic acids is 2. The van der Waals surface area contributed by atoms with Gasteiger partial charge in [-0.25, -0.2) is 4.39 Å². The van der Waals surface area contributed by atoms with Gasteiger partial charge in [0.25, 0.3) is 5.91 Å². The highest BCUT2D eigenvalue weighted by Crippen LogP contribution is 2.28. The smallest absolute Gasteiger partial charge is 0.255 e. The predicted octanol–water partition coefficient (Wildman–Crippen LogP) is 4.12. The second-order valence-corrected chi connectivity index (χ2v) is 6.80. The van der Waals surface area contributed by atoms with Crippen LogP contribution in [0, 0.1) is 5.82 Å². The van der Waals surface area contributed by atoms with Crippen LogP contribution in [0.5, 0.6) is 0 Å². The minimum absolute atomic E-state index is 0.0453. The number of hydrogen-bond acceptors (Lipinski definition) is 2. The fourth-order valence-electron chi connectivity index (χ4n) is 3.38. The lowest BCUT2D eigenvalue weighted by Crippen LogP contribution is -2.52. The first kappa shape index (κ1) is 17.5. The van der Waals surface area contributed by atoms with Crippen LogP contribution in [-0.2, 0) is 4.79 Å². The number of nitrogens with zero attached hydrogens (tertiary/aromatic N) is 2. The molecular weight excluding hydrogens is 367 g/mol. The van der Waals surface area contributed by atoms with Gasteiger partial charge < -0.3 is 9.80 Å². The van der Waals surface area contributed by atoms with Crippen molar-refractivity contribution in [3.8, 4) is 0 Å². The molecule has 1 fully saturated rings. The van der Waals surface area contributed by atoms with Gasteiger partial charge in [0.05, 0.1) is 16.3 Å². The fourth-order valence-corrected chi connectivity index (χ4v) is 3.63. The van der Waals surface area contributed by atoms with E-state index in [1.165, 1.54) is 17.0 Å². The molecule has 0 atom stereocenters.